The highest BCUT2D eigenvalue weighted by atomic mass is 19.1. The Hall–Kier alpha value is -3.08. The molecule has 5 nitrogen and oxygen atoms in total. The lowest BCUT2D eigenvalue weighted by Gasteiger charge is -2.47. The Kier molecular flexibility index (Phi) is 5.27. The molecule has 2 aliphatic rings. The van der Waals surface area contributed by atoms with Crippen LogP contribution >= 0.6 is 0 Å². The molecule has 0 bridgehead atoms. The number of hydrogen-bond acceptors (Lipinski definition) is 5. The minimum atomic E-state index is -1.99. The van der Waals surface area contributed by atoms with Crippen molar-refractivity contribution in [3.63, 3.8) is 0 Å². The summed E-state index contributed by atoms with van der Waals surface area (Å²) < 4.78 is 28.2. The maximum absolute atomic E-state index is 14.7. The first-order valence-corrected chi connectivity index (χ1v) is 9.11. The third-order valence-electron chi connectivity index (χ3n) is 5.70. The number of nitrogens with one attached hydrogen (secondary N) is 1. The van der Waals surface area contributed by atoms with E-state index in [0.29, 0.717) is 18.7 Å². The Morgan fingerprint density at radius 2 is 1.96 bits per heavy atom. The Morgan fingerprint density at radius 1 is 1.25 bits per heavy atom. The zero-order valence-corrected chi connectivity index (χ0v) is 15.4. The molecule has 28 heavy (non-hydrogen) atoms. The molecule has 0 radical (unpaired) electrons. The molecule has 1 aliphatic heterocycles. The molecule has 1 saturated carbocycles. The standard InChI is InChI=1S/C21H19F2N5/c1-2-6-28-7-5-14-16(9-24)20(27)21(11-25,12-26)19(17(14)10-28)15-4-3-13(22)8-18(15)23/h3-5,8,16-17,19,27H,2,6-7,10H2,1H3/t16?,17-,19+/m0/s1. The van der Waals surface area contributed by atoms with Crippen molar-refractivity contribution in [1.29, 1.82) is 21.2 Å². The molecule has 1 heterocycles. The summed E-state index contributed by atoms with van der Waals surface area (Å²) in [4.78, 5) is 2.12. The van der Waals surface area contributed by atoms with Gasteiger partial charge in [0.1, 0.15) is 17.6 Å². The van der Waals surface area contributed by atoms with Crippen LogP contribution in [0, 0.1) is 68.3 Å². The highest BCUT2D eigenvalue weighted by Gasteiger charge is 2.58. The molecule has 1 unspecified atom stereocenters. The molecule has 1 aliphatic carbocycles. The third kappa shape index (κ3) is 2.87. The minimum absolute atomic E-state index is 0.0277. The molecule has 0 saturated heterocycles. The van der Waals surface area contributed by atoms with Gasteiger partial charge in [-0.2, -0.15) is 15.8 Å². The lowest BCUT2D eigenvalue weighted by Crippen LogP contribution is -2.53. The van der Waals surface area contributed by atoms with Gasteiger partial charge < -0.3 is 5.41 Å². The van der Waals surface area contributed by atoms with Gasteiger partial charge in [-0.25, -0.2) is 8.78 Å². The lowest BCUT2D eigenvalue weighted by molar-refractivity contribution is 0.202. The van der Waals surface area contributed by atoms with E-state index in [4.69, 9.17) is 5.41 Å². The Balaban J connectivity index is 2.25. The van der Waals surface area contributed by atoms with E-state index in [1.54, 1.807) is 0 Å². The van der Waals surface area contributed by atoms with Crippen molar-refractivity contribution in [2.24, 2.45) is 17.3 Å². The van der Waals surface area contributed by atoms with E-state index >= 15 is 0 Å². The van der Waals surface area contributed by atoms with Crippen molar-refractivity contribution in [2.45, 2.75) is 19.3 Å². The zero-order valence-electron chi connectivity index (χ0n) is 15.4. The van der Waals surface area contributed by atoms with Gasteiger partial charge in [0.25, 0.3) is 0 Å². The maximum Gasteiger partial charge on any atom is 0.189 e. The quantitative estimate of drug-likeness (QED) is 0.812. The fourth-order valence-corrected chi connectivity index (χ4v) is 4.46. The van der Waals surface area contributed by atoms with E-state index in [-0.39, 0.29) is 11.3 Å². The second kappa shape index (κ2) is 7.50. The largest absolute Gasteiger partial charge is 0.305 e. The first-order chi connectivity index (χ1) is 13.4. The fraction of sp³-hybridized carbons (Fsp3) is 0.429. The number of fused-ring (bicyclic) bond motifs is 1. The number of rotatable bonds is 3. The summed E-state index contributed by atoms with van der Waals surface area (Å²) in [5.74, 6) is -4.08. The SMILES string of the molecule is CCCN1CC=C2C(C#N)C(=N)C(C#N)(C#N)[C@H](c3ccc(F)cc3F)[C@H]2C1. The smallest absolute Gasteiger partial charge is 0.189 e. The summed E-state index contributed by atoms with van der Waals surface area (Å²) >= 11 is 0. The normalized spacial score (nSPS) is 26.4. The topological polar surface area (TPSA) is 98.5 Å². The van der Waals surface area contributed by atoms with Crippen LogP contribution in [0.3, 0.4) is 0 Å². The Bertz CT molecular complexity index is 948. The van der Waals surface area contributed by atoms with E-state index in [9.17, 15) is 24.6 Å². The van der Waals surface area contributed by atoms with E-state index in [1.165, 1.54) is 6.07 Å². The molecule has 7 heteroatoms. The van der Waals surface area contributed by atoms with Crippen molar-refractivity contribution < 1.29 is 8.78 Å². The molecule has 142 valence electrons. The molecular formula is C21H19F2N5. The van der Waals surface area contributed by atoms with Gasteiger partial charge >= 0.3 is 0 Å². The lowest BCUT2D eigenvalue weighted by atomic mass is 9.54. The molecule has 0 amide bonds. The average molecular weight is 379 g/mol. The number of hydrogen-bond donors (Lipinski definition) is 1. The van der Waals surface area contributed by atoms with Gasteiger partial charge in [-0.05, 0) is 30.2 Å². The van der Waals surface area contributed by atoms with Crippen molar-refractivity contribution >= 4 is 5.71 Å². The summed E-state index contributed by atoms with van der Waals surface area (Å²) in [7, 11) is 0. The van der Waals surface area contributed by atoms with E-state index in [1.807, 2.05) is 25.1 Å². The van der Waals surface area contributed by atoms with Crippen LogP contribution in [-0.2, 0) is 0 Å². The van der Waals surface area contributed by atoms with Crippen LogP contribution in [0.5, 0.6) is 0 Å². The molecule has 3 rings (SSSR count). The summed E-state index contributed by atoms with van der Waals surface area (Å²) in [5, 5.41) is 38.0. The summed E-state index contributed by atoms with van der Waals surface area (Å²) in [5.41, 5.74) is -1.65. The van der Waals surface area contributed by atoms with Crippen LogP contribution in [0.1, 0.15) is 24.8 Å². The Labute approximate surface area is 162 Å². The maximum atomic E-state index is 14.7. The van der Waals surface area contributed by atoms with Gasteiger partial charge in [-0.15, -0.1) is 0 Å². The summed E-state index contributed by atoms with van der Waals surface area (Å²) in [6.45, 7) is 3.84. The molecule has 1 N–H and O–H groups in total. The van der Waals surface area contributed by atoms with Crippen LogP contribution in [0.2, 0.25) is 0 Å². The molecule has 1 fully saturated rings. The molecule has 1 aromatic rings. The monoisotopic (exact) mass is 379 g/mol. The van der Waals surface area contributed by atoms with Crippen molar-refractivity contribution in [1.82, 2.24) is 4.90 Å². The minimum Gasteiger partial charge on any atom is -0.305 e. The highest BCUT2D eigenvalue weighted by Crippen LogP contribution is 2.53. The van der Waals surface area contributed by atoms with Crippen LogP contribution in [0.25, 0.3) is 0 Å². The number of benzene rings is 1. The first-order valence-electron chi connectivity index (χ1n) is 9.11. The van der Waals surface area contributed by atoms with E-state index < -0.39 is 34.8 Å². The fourth-order valence-electron chi connectivity index (χ4n) is 4.46. The predicted molar refractivity (Wildman–Crippen MR) is 97.9 cm³/mol. The zero-order chi connectivity index (χ0) is 20.5. The number of nitriles is 3. The molecule has 1 aromatic carbocycles. The van der Waals surface area contributed by atoms with Gasteiger partial charge in [0.2, 0.25) is 0 Å². The van der Waals surface area contributed by atoms with Crippen molar-refractivity contribution in [2.75, 3.05) is 19.6 Å². The van der Waals surface area contributed by atoms with Crippen molar-refractivity contribution in [3.05, 3.63) is 47.0 Å². The number of nitrogens with zero attached hydrogens (tertiary/aromatic N) is 4. The molecule has 3 atom stereocenters. The molecular weight excluding hydrogens is 360 g/mol. The predicted octanol–water partition coefficient (Wildman–Crippen LogP) is 3.52. The second-order valence-corrected chi connectivity index (χ2v) is 7.22. The van der Waals surface area contributed by atoms with Crippen LogP contribution in [-0.4, -0.2) is 30.2 Å². The van der Waals surface area contributed by atoms with Gasteiger partial charge in [0, 0.05) is 31.0 Å². The van der Waals surface area contributed by atoms with E-state index in [0.717, 1.165) is 25.1 Å². The van der Waals surface area contributed by atoms with Crippen LogP contribution in [0.15, 0.2) is 29.8 Å². The molecule has 0 aromatic heterocycles. The average Bonchev–Trinajstić information content (AvgIpc) is 2.68. The number of halogens is 2. The van der Waals surface area contributed by atoms with Crippen LogP contribution in [0.4, 0.5) is 8.78 Å². The Morgan fingerprint density at radius 3 is 2.54 bits per heavy atom. The summed E-state index contributed by atoms with van der Waals surface area (Å²) in [6, 6.07) is 8.93. The van der Waals surface area contributed by atoms with Gasteiger partial charge in [0.15, 0.2) is 5.41 Å². The highest BCUT2D eigenvalue weighted by molar-refractivity contribution is 6.00. The first kappa shape index (κ1) is 19.7. The summed E-state index contributed by atoms with van der Waals surface area (Å²) in [6.07, 6.45) is 2.75. The van der Waals surface area contributed by atoms with Gasteiger partial charge in [-0.1, -0.05) is 19.1 Å². The molecule has 0 spiro atoms. The second-order valence-electron chi connectivity index (χ2n) is 7.22. The van der Waals surface area contributed by atoms with Crippen LogP contribution < -0.4 is 0 Å². The van der Waals surface area contributed by atoms with Crippen molar-refractivity contribution in [3.8, 4) is 18.2 Å². The van der Waals surface area contributed by atoms with E-state index in [2.05, 4.69) is 11.0 Å². The van der Waals surface area contributed by atoms with Gasteiger partial charge in [-0.3, -0.25) is 4.90 Å². The third-order valence-corrected chi connectivity index (χ3v) is 5.70. The van der Waals surface area contributed by atoms with Gasteiger partial charge in [0.05, 0.1) is 23.9 Å².